The van der Waals surface area contributed by atoms with E-state index < -0.39 is 0 Å². The maximum absolute atomic E-state index is 8.93. The topological polar surface area (TPSA) is 17.1 Å². The molecule has 0 spiro atoms. The Hall–Kier alpha value is 1.29. The number of rotatable bonds is 1. The second-order valence-corrected chi connectivity index (χ2v) is 0.322. The molecule has 0 N–H and O–H groups in total. The van der Waals surface area contributed by atoms with E-state index in [1.807, 2.05) is 0 Å². The molecule has 0 heterocycles. The maximum atomic E-state index is 8.93. The SMILES string of the molecule is C=C[C-]=O.[Au+].[Cu].[Zn]. The predicted molar refractivity (Wildman–Crippen MR) is 15.9 cm³/mol. The van der Waals surface area contributed by atoms with Crippen LogP contribution in [0.1, 0.15) is 0 Å². The van der Waals surface area contributed by atoms with Gasteiger partial charge in [-0.1, -0.05) is 0 Å². The number of carbonyl (C=O) groups excluding carboxylic acids is 1. The van der Waals surface area contributed by atoms with E-state index in [0.29, 0.717) is 0 Å². The van der Waals surface area contributed by atoms with Crippen LogP contribution in [0.3, 0.4) is 0 Å². The molecule has 0 fully saturated rings. The Morgan fingerprint density at radius 1 is 1.57 bits per heavy atom. The van der Waals surface area contributed by atoms with Gasteiger partial charge in [0.25, 0.3) is 0 Å². The van der Waals surface area contributed by atoms with Gasteiger partial charge in [0.15, 0.2) is 0 Å². The fourth-order valence-electron chi connectivity index (χ4n) is 0. The second-order valence-electron chi connectivity index (χ2n) is 0.322. The molecule has 0 rings (SSSR count). The smallest absolute Gasteiger partial charge is 0.419 e. The van der Waals surface area contributed by atoms with Gasteiger partial charge in [-0.25, -0.2) is 12.7 Å². The van der Waals surface area contributed by atoms with Crippen LogP contribution in [0.2, 0.25) is 0 Å². The molecule has 45 valence electrons. The molecule has 0 aliphatic rings. The van der Waals surface area contributed by atoms with Crippen molar-refractivity contribution in [1.29, 1.82) is 0 Å². The number of allylic oxidation sites excluding steroid dienone is 1. The third kappa shape index (κ3) is 38.9. The minimum absolute atomic E-state index is 0. The average molecular weight is 381 g/mol. The van der Waals surface area contributed by atoms with Gasteiger partial charge in [0.1, 0.15) is 0 Å². The monoisotopic (exact) mass is 379 g/mol. The molecule has 0 aliphatic carbocycles. The van der Waals surface area contributed by atoms with Gasteiger partial charge in [0.05, 0.1) is 0 Å². The zero-order chi connectivity index (χ0) is 3.41. The molecule has 0 aliphatic heterocycles. The number of hydrogen-bond donors (Lipinski definition) is 0. The molecule has 0 bridgehead atoms. The van der Waals surface area contributed by atoms with Crippen molar-refractivity contribution >= 4 is 6.29 Å². The normalized spacial score (nSPS) is 2.86. The maximum Gasteiger partial charge on any atom is 1.00 e. The first-order valence-corrected chi connectivity index (χ1v) is 0.901. The minimum atomic E-state index is 0. The summed E-state index contributed by atoms with van der Waals surface area (Å²) in [7, 11) is 0. The molecule has 7 heavy (non-hydrogen) atoms. The van der Waals surface area contributed by atoms with Crippen LogP contribution < -0.4 is 0 Å². The third-order valence-corrected chi connectivity index (χ3v) is 0.0833. The van der Waals surface area contributed by atoms with Gasteiger partial charge in [-0.15, -0.1) is 0 Å². The molecule has 1 nitrogen and oxygen atoms in total. The molecule has 4 heteroatoms. The van der Waals surface area contributed by atoms with Gasteiger partial charge in [-0.2, -0.15) is 0 Å². The van der Waals surface area contributed by atoms with Crippen LogP contribution in [-0.2, 0) is 63.7 Å². The quantitative estimate of drug-likeness (QED) is 0.363. The van der Waals surface area contributed by atoms with E-state index >= 15 is 0 Å². The largest absolute Gasteiger partial charge is 1.00 e. The van der Waals surface area contributed by atoms with Gasteiger partial charge >= 0.3 is 22.4 Å². The van der Waals surface area contributed by atoms with Crippen molar-refractivity contribution < 1.29 is 63.7 Å². The fraction of sp³-hybridized carbons (Fsp3) is 0. The molecule has 0 unspecified atom stereocenters. The molecule has 0 saturated carbocycles. The molecule has 1 radical (unpaired) electrons. The van der Waals surface area contributed by atoms with Gasteiger partial charge in [0, 0.05) is 36.5 Å². The summed E-state index contributed by atoms with van der Waals surface area (Å²) in [5.74, 6) is 0. The van der Waals surface area contributed by atoms with Crippen molar-refractivity contribution in [2.24, 2.45) is 0 Å². The Kier molecular flexibility index (Phi) is 91.1. The van der Waals surface area contributed by atoms with Gasteiger partial charge in [-0.3, -0.25) is 0 Å². The van der Waals surface area contributed by atoms with Crippen molar-refractivity contribution in [2.45, 2.75) is 0 Å². The Balaban J connectivity index is -0.0000000150. The van der Waals surface area contributed by atoms with E-state index in [0.717, 1.165) is 6.08 Å². The zero-order valence-electron chi connectivity index (χ0n) is 3.50. The third-order valence-electron chi connectivity index (χ3n) is 0.0833. The van der Waals surface area contributed by atoms with Crippen molar-refractivity contribution in [2.75, 3.05) is 0 Å². The van der Waals surface area contributed by atoms with Crippen LogP contribution >= 0.6 is 0 Å². The summed E-state index contributed by atoms with van der Waals surface area (Å²) in [6.07, 6.45) is 2.51. The van der Waals surface area contributed by atoms with Crippen LogP contribution in [0.5, 0.6) is 0 Å². The second kappa shape index (κ2) is 26.6. The standard InChI is InChI=1S/C3H3O.Au.Cu.Zn/c1-2-3-4;;;/h2H,1H2;;;/q-1;+1;;. The van der Waals surface area contributed by atoms with E-state index in [4.69, 9.17) is 4.79 Å². The van der Waals surface area contributed by atoms with Crippen molar-refractivity contribution in [3.8, 4) is 0 Å². The van der Waals surface area contributed by atoms with Crippen molar-refractivity contribution in [1.82, 2.24) is 0 Å². The van der Waals surface area contributed by atoms with Crippen LogP contribution in [0, 0.1) is 0 Å². The van der Waals surface area contributed by atoms with E-state index in [2.05, 4.69) is 6.58 Å². The Morgan fingerprint density at radius 2 is 1.71 bits per heavy atom. The zero-order valence-corrected chi connectivity index (χ0v) is 9.58. The fourth-order valence-corrected chi connectivity index (χ4v) is 0. The van der Waals surface area contributed by atoms with Crippen LogP contribution in [0.4, 0.5) is 0 Å². The van der Waals surface area contributed by atoms with Crippen LogP contribution in [0.15, 0.2) is 12.7 Å². The summed E-state index contributed by atoms with van der Waals surface area (Å²) >= 11 is 0. The molecular weight excluding hydrogens is 378 g/mol. The van der Waals surface area contributed by atoms with E-state index in [1.54, 1.807) is 0 Å². The first kappa shape index (κ1) is 23.9. The predicted octanol–water partition coefficient (Wildman–Crippen LogP) is 0.275. The molecule has 0 aromatic carbocycles. The molecule has 0 amide bonds. The summed E-state index contributed by atoms with van der Waals surface area (Å²) in [6.45, 7) is 3.06. The Morgan fingerprint density at radius 3 is 1.71 bits per heavy atom. The number of hydrogen-bond acceptors (Lipinski definition) is 1. The average Bonchev–Trinajstić information content (AvgIpc) is 1.37. The van der Waals surface area contributed by atoms with Crippen molar-refractivity contribution in [3.63, 3.8) is 0 Å². The van der Waals surface area contributed by atoms with Crippen molar-refractivity contribution in [3.05, 3.63) is 12.7 Å². The molecule has 0 saturated heterocycles. The summed E-state index contributed by atoms with van der Waals surface area (Å²) in [4.78, 5) is 8.93. The Bertz CT molecular complexity index is 35.9. The molecular formula is C3H3AuCuOZn. The van der Waals surface area contributed by atoms with Crippen LogP contribution in [-0.4, -0.2) is 6.29 Å². The van der Waals surface area contributed by atoms with Crippen LogP contribution in [0.25, 0.3) is 0 Å². The summed E-state index contributed by atoms with van der Waals surface area (Å²) in [5, 5.41) is 0. The molecule has 0 atom stereocenters. The molecule has 0 aromatic rings. The van der Waals surface area contributed by atoms with E-state index in [-0.39, 0.29) is 58.9 Å². The van der Waals surface area contributed by atoms with Gasteiger partial charge < -0.3 is 4.79 Å². The van der Waals surface area contributed by atoms with Gasteiger partial charge in [-0.05, 0) is 6.29 Å². The molecule has 0 aromatic heterocycles. The van der Waals surface area contributed by atoms with Gasteiger partial charge in [0.2, 0.25) is 0 Å². The Labute approximate surface area is 82.1 Å². The van der Waals surface area contributed by atoms with E-state index in [1.165, 1.54) is 6.29 Å². The first-order chi connectivity index (χ1) is 1.91. The minimum Gasteiger partial charge on any atom is -0.419 e. The summed E-state index contributed by atoms with van der Waals surface area (Å²) < 4.78 is 0. The van der Waals surface area contributed by atoms with E-state index in [9.17, 15) is 0 Å². The summed E-state index contributed by atoms with van der Waals surface area (Å²) in [6, 6.07) is 0. The summed E-state index contributed by atoms with van der Waals surface area (Å²) in [5.41, 5.74) is 0. The first-order valence-electron chi connectivity index (χ1n) is 0.901.